The summed E-state index contributed by atoms with van der Waals surface area (Å²) >= 11 is 0. The highest BCUT2D eigenvalue weighted by Gasteiger charge is 2.28. The summed E-state index contributed by atoms with van der Waals surface area (Å²) in [5.74, 6) is 1.60. The molecule has 1 saturated heterocycles. The Morgan fingerprint density at radius 1 is 1.26 bits per heavy atom. The Labute approximate surface area is 160 Å². The molecule has 1 aliphatic rings. The van der Waals surface area contributed by atoms with E-state index in [0.717, 1.165) is 31.0 Å². The van der Waals surface area contributed by atoms with Crippen LogP contribution in [0.3, 0.4) is 0 Å². The van der Waals surface area contributed by atoms with Gasteiger partial charge in [0.2, 0.25) is 0 Å². The highest BCUT2D eigenvalue weighted by Crippen LogP contribution is 2.32. The van der Waals surface area contributed by atoms with Gasteiger partial charge < -0.3 is 15.3 Å². The fourth-order valence-corrected chi connectivity index (χ4v) is 3.91. The van der Waals surface area contributed by atoms with Crippen molar-refractivity contribution in [2.24, 2.45) is 10.9 Å². The second-order valence-electron chi connectivity index (χ2n) is 7.21. The van der Waals surface area contributed by atoms with Crippen LogP contribution in [0.25, 0.3) is 0 Å². The van der Waals surface area contributed by atoms with Crippen LogP contribution in [-0.2, 0) is 13.2 Å². The van der Waals surface area contributed by atoms with E-state index in [1.54, 1.807) is 19.2 Å². The molecule has 2 aromatic rings. The number of guanidine groups is 1. The topological polar surface area (TPSA) is 47.9 Å². The highest BCUT2D eigenvalue weighted by molar-refractivity contribution is 5.80. The molecule has 1 fully saturated rings. The third kappa shape index (κ3) is 4.66. The number of nitrogens with one attached hydrogen (secondary N) is 1. The number of aliphatic hydroxyl groups excluding tert-OH is 1. The molecular formula is C22H28FN3O. The van der Waals surface area contributed by atoms with E-state index in [-0.39, 0.29) is 12.4 Å². The Balaban J connectivity index is 1.60. The summed E-state index contributed by atoms with van der Waals surface area (Å²) in [7, 11) is 1.79. The zero-order chi connectivity index (χ0) is 19.2. The van der Waals surface area contributed by atoms with Gasteiger partial charge in [0.05, 0.1) is 6.61 Å². The smallest absolute Gasteiger partial charge is 0.193 e. The van der Waals surface area contributed by atoms with E-state index in [0.29, 0.717) is 23.9 Å². The van der Waals surface area contributed by atoms with Crippen molar-refractivity contribution >= 4 is 5.96 Å². The largest absolute Gasteiger partial charge is 0.392 e. The van der Waals surface area contributed by atoms with Crippen LogP contribution in [0.2, 0.25) is 0 Å². The number of nitrogens with zero attached hydrogens (tertiary/aromatic N) is 2. The SMILES string of the molecule is CN=C(NCc1ccc(F)c(CO)c1)N1CCC(c2ccccc2)C(C)C1. The molecule has 0 radical (unpaired) electrons. The molecule has 1 heterocycles. The molecule has 2 N–H and O–H groups in total. The Morgan fingerprint density at radius 3 is 2.70 bits per heavy atom. The molecule has 0 saturated carbocycles. The van der Waals surface area contributed by atoms with Crippen LogP contribution in [0.1, 0.15) is 36.0 Å². The van der Waals surface area contributed by atoms with Crippen molar-refractivity contribution in [3.8, 4) is 0 Å². The summed E-state index contributed by atoms with van der Waals surface area (Å²) in [6.07, 6.45) is 1.09. The number of halogens is 1. The summed E-state index contributed by atoms with van der Waals surface area (Å²) in [5, 5.41) is 12.6. The highest BCUT2D eigenvalue weighted by atomic mass is 19.1. The maximum atomic E-state index is 13.5. The molecule has 3 rings (SSSR count). The lowest BCUT2D eigenvalue weighted by molar-refractivity contribution is 0.234. The summed E-state index contributed by atoms with van der Waals surface area (Å²) in [4.78, 5) is 6.72. The Kier molecular flexibility index (Phi) is 6.45. The van der Waals surface area contributed by atoms with Crippen LogP contribution in [0, 0.1) is 11.7 Å². The molecule has 2 unspecified atom stereocenters. The first kappa shape index (κ1) is 19.4. The number of aliphatic hydroxyl groups is 1. The van der Waals surface area contributed by atoms with Crippen molar-refractivity contribution in [1.82, 2.24) is 10.2 Å². The lowest BCUT2D eigenvalue weighted by Crippen LogP contribution is -2.47. The van der Waals surface area contributed by atoms with Gasteiger partial charge in [0.1, 0.15) is 5.82 Å². The van der Waals surface area contributed by atoms with Gasteiger partial charge in [-0.1, -0.05) is 43.3 Å². The van der Waals surface area contributed by atoms with E-state index in [9.17, 15) is 9.50 Å². The normalized spacial score (nSPS) is 20.6. The number of aliphatic imine (C=N–C) groups is 1. The van der Waals surface area contributed by atoms with E-state index in [2.05, 4.69) is 52.5 Å². The van der Waals surface area contributed by atoms with E-state index in [4.69, 9.17) is 0 Å². The van der Waals surface area contributed by atoms with Crippen molar-refractivity contribution in [2.45, 2.75) is 32.4 Å². The lowest BCUT2D eigenvalue weighted by Gasteiger charge is -2.39. The minimum atomic E-state index is -0.373. The van der Waals surface area contributed by atoms with Gasteiger partial charge in [-0.25, -0.2) is 4.39 Å². The molecule has 0 spiro atoms. The molecule has 2 aromatic carbocycles. The Morgan fingerprint density at radius 2 is 2.04 bits per heavy atom. The van der Waals surface area contributed by atoms with Gasteiger partial charge in [0.15, 0.2) is 5.96 Å². The molecule has 0 aliphatic carbocycles. The average molecular weight is 369 g/mol. The van der Waals surface area contributed by atoms with Gasteiger partial charge in [-0.15, -0.1) is 0 Å². The zero-order valence-corrected chi connectivity index (χ0v) is 16.0. The predicted octanol–water partition coefficient (Wildman–Crippen LogP) is 3.52. The van der Waals surface area contributed by atoms with Gasteiger partial charge in [-0.3, -0.25) is 4.99 Å². The van der Waals surface area contributed by atoms with E-state index < -0.39 is 0 Å². The van der Waals surface area contributed by atoms with Crippen molar-refractivity contribution in [3.05, 3.63) is 71.0 Å². The number of hydrogen-bond acceptors (Lipinski definition) is 2. The Hall–Kier alpha value is -2.40. The number of benzene rings is 2. The summed E-state index contributed by atoms with van der Waals surface area (Å²) in [6.45, 7) is 4.45. The van der Waals surface area contributed by atoms with E-state index in [1.807, 2.05) is 0 Å². The average Bonchev–Trinajstić information content (AvgIpc) is 2.70. The molecule has 144 valence electrons. The van der Waals surface area contributed by atoms with Crippen molar-refractivity contribution < 1.29 is 9.50 Å². The molecule has 0 amide bonds. The summed E-state index contributed by atoms with van der Waals surface area (Å²) < 4.78 is 13.5. The first-order valence-electron chi connectivity index (χ1n) is 9.51. The summed E-state index contributed by atoms with van der Waals surface area (Å²) in [5.41, 5.74) is 2.66. The van der Waals surface area contributed by atoms with Crippen LogP contribution in [0.5, 0.6) is 0 Å². The maximum Gasteiger partial charge on any atom is 0.193 e. The molecular weight excluding hydrogens is 341 g/mol. The van der Waals surface area contributed by atoms with E-state index >= 15 is 0 Å². The fourth-order valence-electron chi connectivity index (χ4n) is 3.91. The monoisotopic (exact) mass is 369 g/mol. The molecule has 27 heavy (non-hydrogen) atoms. The number of piperidine rings is 1. The van der Waals surface area contributed by atoms with Crippen molar-refractivity contribution in [1.29, 1.82) is 0 Å². The van der Waals surface area contributed by atoms with Gasteiger partial charge in [0, 0.05) is 32.2 Å². The van der Waals surface area contributed by atoms with Gasteiger partial charge in [-0.05, 0) is 41.5 Å². The van der Waals surface area contributed by atoms with Crippen LogP contribution in [0.15, 0.2) is 53.5 Å². The first-order valence-corrected chi connectivity index (χ1v) is 9.51. The Bertz CT molecular complexity index is 778. The second kappa shape index (κ2) is 9.00. The number of likely N-dealkylation sites (tertiary alicyclic amines) is 1. The second-order valence-corrected chi connectivity index (χ2v) is 7.21. The fraction of sp³-hybridized carbons (Fsp3) is 0.409. The third-order valence-corrected chi connectivity index (χ3v) is 5.38. The standard InChI is InChI=1S/C22H28FN3O/c1-16-14-26(11-10-20(16)18-6-4-3-5-7-18)22(24-2)25-13-17-8-9-21(23)19(12-17)15-27/h3-9,12,16,20,27H,10-11,13-15H2,1-2H3,(H,24,25). The predicted molar refractivity (Wildman–Crippen MR) is 107 cm³/mol. The molecule has 1 aliphatic heterocycles. The van der Waals surface area contributed by atoms with Gasteiger partial charge >= 0.3 is 0 Å². The van der Waals surface area contributed by atoms with Crippen LogP contribution in [0.4, 0.5) is 4.39 Å². The lowest BCUT2D eigenvalue weighted by atomic mass is 9.82. The van der Waals surface area contributed by atoms with Crippen molar-refractivity contribution in [3.63, 3.8) is 0 Å². The molecule has 0 aromatic heterocycles. The number of rotatable bonds is 4. The van der Waals surface area contributed by atoms with Gasteiger partial charge in [-0.2, -0.15) is 0 Å². The van der Waals surface area contributed by atoms with Crippen molar-refractivity contribution in [2.75, 3.05) is 20.1 Å². The molecule has 5 heteroatoms. The molecule has 2 atom stereocenters. The molecule has 4 nitrogen and oxygen atoms in total. The maximum absolute atomic E-state index is 13.5. The van der Waals surface area contributed by atoms with Crippen LogP contribution < -0.4 is 5.32 Å². The summed E-state index contributed by atoms with van der Waals surface area (Å²) in [6, 6.07) is 15.6. The molecule has 0 bridgehead atoms. The van der Waals surface area contributed by atoms with Gasteiger partial charge in [0.25, 0.3) is 0 Å². The zero-order valence-electron chi connectivity index (χ0n) is 16.0. The van der Waals surface area contributed by atoms with Crippen LogP contribution in [-0.4, -0.2) is 36.1 Å². The quantitative estimate of drug-likeness (QED) is 0.640. The van der Waals surface area contributed by atoms with Crippen LogP contribution >= 0.6 is 0 Å². The minimum Gasteiger partial charge on any atom is -0.392 e. The third-order valence-electron chi connectivity index (χ3n) is 5.38. The van der Waals surface area contributed by atoms with E-state index in [1.165, 1.54) is 11.6 Å². The first-order chi connectivity index (χ1) is 13.1. The number of hydrogen-bond donors (Lipinski definition) is 2. The minimum absolute atomic E-state index is 0.293.